The molecule has 0 aliphatic carbocycles. The highest BCUT2D eigenvalue weighted by atomic mass is 19.3. The number of fused-ring (bicyclic) bond motifs is 1. The normalized spacial score (nSPS) is 16.4. The van der Waals surface area contributed by atoms with E-state index in [9.17, 15) is 13.6 Å². The molecule has 1 aromatic rings. The Morgan fingerprint density at radius 2 is 2.30 bits per heavy atom. The van der Waals surface area contributed by atoms with Crippen molar-refractivity contribution in [2.75, 3.05) is 26.9 Å². The van der Waals surface area contributed by atoms with E-state index in [2.05, 4.69) is 15.4 Å². The summed E-state index contributed by atoms with van der Waals surface area (Å²) in [5.74, 6) is 1.38. The molecule has 6 nitrogen and oxygen atoms in total. The van der Waals surface area contributed by atoms with Gasteiger partial charge >= 0.3 is 12.6 Å². The molecule has 8 heteroatoms. The molecule has 0 aromatic heterocycles. The second kappa shape index (κ2) is 8.52. The third kappa shape index (κ3) is 5.24. The molecule has 23 heavy (non-hydrogen) atoms. The monoisotopic (exact) mass is 330 g/mol. The van der Waals surface area contributed by atoms with Crippen molar-refractivity contribution in [1.82, 2.24) is 10.6 Å². The minimum Gasteiger partial charge on any atom is -0.493 e. The summed E-state index contributed by atoms with van der Waals surface area (Å²) < 4.78 is 38.5. The number of ether oxygens (including phenoxy) is 3. The van der Waals surface area contributed by atoms with Crippen LogP contribution in [0.3, 0.4) is 0 Å². The number of rotatable bonds is 7. The Bertz CT molecular complexity index is 528. The Kier molecular flexibility index (Phi) is 6.40. The molecule has 0 spiro atoms. The fourth-order valence-electron chi connectivity index (χ4n) is 2.33. The maximum atomic E-state index is 11.8. The number of amides is 2. The van der Waals surface area contributed by atoms with Crippen LogP contribution in [-0.4, -0.2) is 45.6 Å². The van der Waals surface area contributed by atoms with Gasteiger partial charge in [-0.05, 0) is 18.9 Å². The zero-order valence-corrected chi connectivity index (χ0v) is 12.8. The second-order valence-electron chi connectivity index (χ2n) is 5.05. The van der Waals surface area contributed by atoms with Gasteiger partial charge in [-0.2, -0.15) is 8.78 Å². The van der Waals surface area contributed by atoms with E-state index >= 15 is 0 Å². The third-order valence-electron chi connectivity index (χ3n) is 3.36. The molecular weight excluding hydrogens is 310 g/mol. The molecule has 1 atom stereocenters. The number of para-hydroxylation sites is 1. The molecule has 1 unspecified atom stereocenters. The van der Waals surface area contributed by atoms with Crippen molar-refractivity contribution in [2.24, 2.45) is 0 Å². The summed E-state index contributed by atoms with van der Waals surface area (Å²) >= 11 is 0. The van der Waals surface area contributed by atoms with Crippen molar-refractivity contribution < 1.29 is 27.8 Å². The van der Waals surface area contributed by atoms with E-state index in [0.717, 1.165) is 5.56 Å². The minimum absolute atomic E-state index is 0.0995. The molecule has 0 radical (unpaired) electrons. The van der Waals surface area contributed by atoms with Crippen molar-refractivity contribution in [3.05, 3.63) is 23.8 Å². The number of benzene rings is 1. The average molecular weight is 330 g/mol. The number of urea groups is 1. The molecule has 1 aliphatic heterocycles. The van der Waals surface area contributed by atoms with Gasteiger partial charge in [-0.1, -0.05) is 12.1 Å². The van der Waals surface area contributed by atoms with E-state index in [4.69, 9.17) is 9.47 Å². The van der Waals surface area contributed by atoms with E-state index in [-0.39, 0.29) is 25.2 Å². The van der Waals surface area contributed by atoms with Crippen LogP contribution in [0, 0.1) is 0 Å². The Labute approximate surface area is 133 Å². The van der Waals surface area contributed by atoms with Crippen LogP contribution < -0.4 is 20.1 Å². The van der Waals surface area contributed by atoms with Crippen molar-refractivity contribution in [1.29, 1.82) is 0 Å². The Morgan fingerprint density at radius 1 is 1.48 bits per heavy atom. The van der Waals surface area contributed by atoms with Crippen LogP contribution in [0.4, 0.5) is 13.6 Å². The van der Waals surface area contributed by atoms with Gasteiger partial charge in [0.05, 0.1) is 19.8 Å². The first-order chi connectivity index (χ1) is 11.1. The molecule has 1 aliphatic rings. The van der Waals surface area contributed by atoms with Gasteiger partial charge < -0.3 is 24.8 Å². The van der Waals surface area contributed by atoms with Gasteiger partial charge in [0.1, 0.15) is 6.61 Å². The van der Waals surface area contributed by atoms with Crippen molar-refractivity contribution in [3.8, 4) is 11.5 Å². The highest BCUT2D eigenvalue weighted by molar-refractivity contribution is 5.74. The molecule has 0 bridgehead atoms. The summed E-state index contributed by atoms with van der Waals surface area (Å²) in [6.07, 6.45) is 0.952. The molecule has 2 rings (SSSR count). The quantitative estimate of drug-likeness (QED) is 0.750. The zero-order valence-electron chi connectivity index (χ0n) is 12.8. The second-order valence-corrected chi connectivity index (χ2v) is 5.05. The first kappa shape index (κ1) is 17.3. The standard InChI is InChI=1S/C15H20F2N2O4/c1-21-12-5-2-4-10-8-11(9-23-13(10)12)19-15(20)18-6-3-7-22-14(16)17/h2,4-5,11,14H,3,6-9H2,1H3,(H2,18,19,20). The summed E-state index contributed by atoms with van der Waals surface area (Å²) in [5, 5.41) is 5.39. The zero-order chi connectivity index (χ0) is 16.7. The molecule has 1 aromatic carbocycles. The highest BCUT2D eigenvalue weighted by Gasteiger charge is 2.23. The lowest BCUT2D eigenvalue weighted by Gasteiger charge is -2.27. The van der Waals surface area contributed by atoms with Crippen LogP contribution in [0.5, 0.6) is 11.5 Å². The van der Waals surface area contributed by atoms with E-state index in [0.29, 0.717) is 30.9 Å². The number of nitrogens with one attached hydrogen (secondary N) is 2. The predicted molar refractivity (Wildman–Crippen MR) is 79.1 cm³/mol. The predicted octanol–water partition coefficient (Wildman–Crippen LogP) is 1.93. The SMILES string of the molecule is COc1cccc2c1OCC(NC(=O)NCCCOC(F)F)C2. The summed E-state index contributed by atoms with van der Waals surface area (Å²) in [6.45, 7) is -2.27. The van der Waals surface area contributed by atoms with Crippen LogP contribution >= 0.6 is 0 Å². The molecule has 2 N–H and O–H groups in total. The van der Waals surface area contributed by atoms with Crippen LogP contribution in [0.1, 0.15) is 12.0 Å². The summed E-state index contributed by atoms with van der Waals surface area (Å²) in [5.41, 5.74) is 0.964. The lowest BCUT2D eigenvalue weighted by molar-refractivity contribution is -0.128. The summed E-state index contributed by atoms with van der Waals surface area (Å²) in [7, 11) is 1.58. The van der Waals surface area contributed by atoms with Crippen molar-refractivity contribution >= 4 is 6.03 Å². The average Bonchev–Trinajstić information content (AvgIpc) is 2.53. The number of alkyl halides is 2. The first-order valence-corrected chi connectivity index (χ1v) is 7.33. The fraction of sp³-hybridized carbons (Fsp3) is 0.533. The van der Waals surface area contributed by atoms with E-state index in [1.165, 1.54) is 0 Å². The Hall–Kier alpha value is -2.09. The summed E-state index contributed by atoms with van der Waals surface area (Å²) in [4.78, 5) is 11.8. The van der Waals surface area contributed by atoms with Gasteiger partial charge in [-0.25, -0.2) is 4.79 Å². The van der Waals surface area contributed by atoms with Gasteiger partial charge in [0.25, 0.3) is 0 Å². The number of methoxy groups -OCH3 is 1. The van der Waals surface area contributed by atoms with Gasteiger partial charge in [0.15, 0.2) is 11.5 Å². The summed E-state index contributed by atoms with van der Waals surface area (Å²) in [6, 6.07) is 5.09. The van der Waals surface area contributed by atoms with Gasteiger partial charge in [-0.15, -0.1) is 0 Å². The Morgan fingerprint density at radius 3 is 3.04 bits per heavy atom. The molecular formula is C15H20F2N2O4. The van der Waals surface area contributed by atoms with Gasteiger partial charge in [0, 0.05) is 12.1 Å². The number of hydrogen-bond donors (Lipinski definition) is 2. The third-order valence-corrected chi connectivity index (χ3v) is 3.36. The van der Waals surface area contributed by atoms with Crippen LogP contribution in [0.2, 0.25) is 0 Å². The van der Waals surface area contributed by atoms with E-state index in [1.807, 2.05) is 18.2 Å². The van der Waals surface area contributed by atoms with Crippen molar-refractivity contribution in [2.45, 2.75) is 25.5 Å². The minimum atomic E-state index is -2.78. The number of hydrogen-bond acceptors (Lipinski definition) is 4. The highest BCUT2D eigenvalue weighted by Crippen LogP contribution is 2.34. The van der Waals surface area contributed by atoms with Crippen LogP contribution in [-0.2, 0) is 11.2 Å². The molecule has 0 fully saturated rings. The molecule has 128 valence electrons. The maximum absolute atomic E-state index is 11.8. The van der Waals surface area contributed by atoms with Crippen LogP contribution in [0.25, 0.3) is 0 Å². The largest absolute Gasteiger partial charge is 0.493 e. The molecule has 2 amide bonds. The molecule has 0 saturated carbocycles. The number of carbonyl (C=O) groups excluding carboxylic acids is 1. The lowest BCUT2D eigenvalue weighted by Crippen LogP contribution is -2.47. The molecule has 0 saturated heterocycles. The van der Waals surface area contributed by atoms with Crippen molar-refractivity contribution in [3.63, 3.8) is 0 Å². The lowest BCUT2D eigenvalue weighted by atomic mass is 10.0. The Balaban J connectivity index is 1.73. The van der Waals surface area contributed by atoms with Crippen LogP contribution in [0.15, 0.2) is 18.2 Å². The van der Waals surface area contributed by atoms with E-state index in [1.54, 1.807) is 7.11 Å². The van der Waals surface area contributed by atoms with E-state index < -0.39 is 6.61 Å². The smallest absolute Gasteiger partial charge is 0.345 e. The topological polar surface area (TPSA) is 68.8 Å². The first-order valence-electron chi connectivity index (χ1n) is 7.33. The molecule has 1 heterocycles. The van der Waals surface area contributed by atoms with Gasteiger partial charge in [-0.3, -0.25) is 0 Å². The fourth-order valence-corrected chi connectivity index (χ4v) is 2.33. The number of carbonyl (C=O) groups is 1. The number of halogens is 2. The maximum Gasteiger partial charge on any atom is 0.345 e. The van der Waals surface area contributed by atoms with Gasteiger partial charge in [0.2, 0.25) is 0 Å².